The van der Waals surface area contributed by atoms with E-state index in [0.717, 1.165) is 42.2 Å². The van der Waals surface area contributed by atoms with E-state index in [-0.39, 0.29) is 11.8 Å². The fourth-order valence-corrected chi connectivity index (χ4v) is 3.14. The summed E-state index contributed by atoms with van der Waals surface area (Å²) in [7, 11) is 0. The highest BCUT2D eigenvalue weighted by Crippen LogP contribution is 2.31. The molecule has 5 heteroatoms. The first-order valence-corrected chi connectivity index (χ1v) is 7.73. The quantitative estimate of drug-likeness (QED) is 0.912. The molecule has 2 N–H and O–H groups in total. The Kier molecular flexibility index (Phi) is 4.08. The molecule has 1 aliphatic rings. The van der Waals surface area contributed by atoms with Crippen LogP contribution in [-0.4, -0.2) is 24.0 Å². The number of nitrogens with zero attached hydrogens (tertiary/aromatic N) is 1. The third-order valence-electron chi connectivity index (χ3n) is 3.56. The van der Waals surface area contributed by atoms with Gasteiger partial charge in [-0.05, 0) is 25.9 Å². The van der Waals surface area contributed by atoms with E-state index in [0.29, 0.717) is 0 Å². The predicted molar refractivity (Wildman–Crippen MR) is 81.8 cm³/mol. The molecule has 0 bridgehead atoms. The van der Waals surface area contributed by atoms with Crippen molar-refractivity contribution in [2.75, 3.05) is 18.4 Å². The number of hydrogen-bond donors (Lipinski definition) is 2. The molecular weight excluding hydrogens is 270 g/mol. The lowest BCUT2D eigenvalue weighted by atomic mass is 9.97. The molecule has 1 saturated heterocycles. The average molecular weight is 287 g/mol. The minimum Gasteiger partial charge on any atom is -0.317 e. The van der Waals surface area contributed by atoms with E-state index >= 15 is 0 Å². The Balaban J connectivity index is 1.75. The van der Waals surface area contributed by atoms with Crippen LogP contribution in [0.15, 0.2) is 35.8 Å². The van der Waals surface area contributed by atoms with Crippen LogP contribution in [0.25, 0.3) is 11.3 Å². The standard InChI is InChI=1S/C15H17N3OS/c19-14(12-6-8-16-9-7-12)18-15-13(17-10-20-15)11-4-2-1-3-5-11/h1-5,10,12,16H,6-9H2,(H,18,19). The Morgan fingerprint density at radius 1 is 1.25 bits per heavy atom. The highest BCUT2D eigenvalue weighted by Gasteiger charge is 2.22. The van der Waals surface area contributed by atoms with Crippen molar-refractivity contribution < 1.29 is 4.79 Å². The summed E-state index contributed by atoms with van der Waals surface area (Å²) in [6.45, 7) is 1.85. The van der Waals surface area contributed by atoms with Gasteiger partial charge < -0.3 is 10.6 Å². The van der Waals surface area contributed by atoms with E-state index in [1.807, 2.05) is 30.3 Å². The van der Waals surface area contributed by atoms with Gasteiger partial charge in [0.2, 0.25) is 5.91 Å². The van der Waals surface area contributed by atoms with Crippen LogP contribution in [0.2, 0.25) is 0 Å². The zero-order chi connectivity index (χ0) is 13.8. The van der Waals surface area contributed by atoms with Crippen molar-refractivity contribution in [2.45, 2.75) is 12.8 Å². The van der Waals surface area contributed by atoms with Crippen molar-refractivity contribution in [3.8, 4) is 11.3 Å². The second-order valence-electron chi connectivity index (χ2n) is 4.91. The fourth-order valence-electron chi connectivity index (χ4n) is 2.43. The molecule has 3 rings (SSSR count). The topological polar surface area (TPSA) is 54.0 Å². The highest BCUT2D eigenvalue weighted by molar-refractivity contribution is 7.14. The lowest BCUT2D eigenvalue weighted by Crippen LogP contribution is -2.34. The van der Waals surface area contributed by atoms with Crippen LogP contribution < -0.4 is 10.6 Å². The van der Waals surface area contributed by atoms with Crippen LogP contribution in [0.1, 0.15) is 12.8 Å². The monoisotopic (exact) mass is 287 g/mol. The van der Waals surface area contributed by atoms with Gasteiger partial charge in [0.1, 0.15) is 10.7 Å². The summed E-state index contributed by atoms with van der Waals surface area (Å²) < 4.78 is 0. The van der Waals surface area contributed by atoms with Crippen LogP contribution in [0.3, 0.4) is 0 Å². The second-order valence-corrected chi connectivity index (χ2v) is 5.76. The first-order chi connectivity index (χ1) is 9.84. The van der Waals surface area contributed by atoms with Crippen molar-refractivity contribution in [3.05, 3.63) is 35.8 Å². The molecule has 1 amide bonds. The van der Waals surface area contributed by atoms with Gasteiger partial charge in [-0.2, -0.15) is 0 Å². The number of anilines is 1. The first kappa shape index (κ1) is 13.3. The molecule has 104 valence electrons. The largest absolute Gasteiger partial charge is 0.317 e. The second kappa shape index (κ2) is 6.15. The number of piperidine rings is 1. The summed E-state index contributed by atoms with van der Waals surface area (Å²) in [5, 5.41) is 7.17. The van der Waals surface area contributed by atoms with Crippen molar-refractivity contribution in [2.24, 2.45) is 5.92 Å². The Morgan fingerprint density at radius 3 is 2.75 bits per heavy atom. The summed E-state index contributed by atoms with van der Waals surface area (Å²) in [6.07, 6.45) is 1.82. The Bertz CT molecular complexity index is 576. The zero-order valence-corrected chi connectivity index (χ0v) is 12.0. The number of benzene rings is 1. The maximum absolute atomic E-state index is 12.3. The van der Waals surface area contributed by atoms with E-state index in [4.69, 9.17) is 0 Å². The van der Waals surface area contributed by atoms with Gasteiger partial charge in [0.15, 0.2) is 0 Å². The van der Waals surface area contributed by atoms with Crippen molar-refractivity contribution in [3.63, 3.8) is 0 Å². The molecule has 2 heterocycles. The average Bonchev–Trinajstić information content (AvgIpc) is 2.97. The van der Waals surface area contributed by atoms with Gasteiger partial charge in [0.25, 0.3) is 0 Å². The normalized spacial score (nSPS) is 16.0. The number of thiazole rings is 1. The number of aromatic nitrogens is 1. The Labute approximate surface area is 122 Å². The van der Waals surface area contributed by atoms with Crippen LogP contribution in [0.5, 0.6) is 0 Å². The lowest BCUT2D eigenvalue weighted by Gasteiger charge is -2.21. The molecule has 20 heavy (non-hydrogen) atoms. The van der Waals surface area contributed by atoms with E-state index < -0.39 is 0 Å². The van der Waals surface area contributed by atoms with Crippen LogP contribution in [0.4, 0.5) is 5.00 Å². The molecule has 1 aromatic heterocycles. The van der Waals surface area contributed by atoms with Gasteiger partial charge in [0.05, 0.1) is 5.51 Å². The summed E-state index contributed by atoms with van der Waals surface area (Å²) in [4.78, 5) is 16.7. The maximum Gasteiger partial charge on any atom is 0.228 e. The minimum absolute atomic E-state index is 0.113. The molecule has 0 aliphatic carbocycles. The minimum atomic E-state index is 0.113. The molecule has 0 saturated carbocycles. The van der Waals surface area contributed by atoms with E-state index in [2.05, 4.69) is 15.6 Å². The molecule has 1 aliphatic heterocycles. The molecular formula is C15H17N3OS. The summed E-state index contributed by atoms with van der Waals surface area (Å²) in [6, 6.07) is 9.95. The van der Waals surface area contributed by atoms with Crippen LogP contribution in [0, 0.1) is 5.92 Å². The number of rotatable bonds is 3. The summed E-state index contributed by atoms with van der Waals surface area (Å²) >= 11 is 1.48. The highest BCUT2D eigenvalue weighted by atomic mass is 32.1. The van der Waals surface area contributed by atoms with Gasteiger partial charge in [0, 0.05) is 11.5 Å². The molecule has 4 nitrogen and oxygen atoms in total. The summed E-state index contributed by atoms with van der Waals surface area (Å²) in [5.74, 6) is 0.231. The zero-order valence-electron chi connectivity index (χ0n) is 11.1. The number of carbonyl (C=O) groups is 1. The van der Waals surface area contributed by atoms with Gasteiger partial charge in [-0.15, -0.1) is 11.3 Å². The smallest absolute Gasteiger partial charge is 0.228 e. The van der Waals surface area contributed by atoms with Gasteiger partial charge in [-0.1, -0.05) is 30.3 Å². The molecule has 1 aromatic carbocycles. The Morgan fingerprint density at radius 2 is 2.00 bits per heavy atom. The van der Waals surface area contributed by atoms with Gasteiger partial charge in [-0.3, -0.25) is 4.79 Å². The van der Waals surface area contributed by atoms with E-state index in [1.54, 1.807) is 5.51 Å². The number of carbonyl (C=O) groups excluding carboxylic acids is 1. The SMILES string of the molecule is O=C(Nc1scnc1-c1ccccc1)C1CCNCC1. The van der Waals surface area contributed by atoms with E-state index in [1.165, 1.54) is 11.3 Å². The third-order valence-corrected chi connectivity index (χ3v) is 4.30. The van der Waals surface area contributed by atoms with Crippen LogP contribution >= 0.6 is 11.3 Å². The van der Waals surface area contributed by atoms with Crippen molar-refractivity contribution in [1.82, 2.24) is 10.3 Å². The number of hydrogen-bond acceptors (Lipinski definition) is 4. The van der Waals surface area contributed by atoms with Crippen molar-refractivity contribution >= 4 is 22.2 Å². The van der Waals surface area contributed by atoms with Gasteiger partial charge >= 0.3 is 0 Å². The molecule has 1 fully saturated rings. The van der Waals surface area contributed by atoms with Crippen molar-refractivity contribution in [1.29, 1.82) is 0 Å². The number of nitrogens with one attached hydrogen (secondary N) is 2. The third kappa shape index (κ3) is 2.89. The lowest BCUT2D eigenvalue weighted by molar-refractivity contribution is -0.120. The predicted octanol–water partition coefficient (Wildman–Crippen LogP) is 2.75. The first-order valence-electron chi connectivity index (χ1n) is 6.85. The Hall–Kier alpha value is -1.72. The maximum atomic E-state index is 12.3. The number of amides is 1. The van der Waals surface area contributed by atoms with Gasteiger partial charge in [-0.25, -0.2) is 4.98 Å². The molecule has 0 radical (unpaired) electrons. The summed E-state index contributed by atoms with van der Waals surface area (Å²) in [5.41, 5.74) is 3.67. The molecule has 0 unspecified atom stereocenters. The van der Waals surface area contributed by atoms with Crippen LogP contribution in [-0.2, 0) is 4.79 Å². The molecule has 0 spiro atoms. The van der Waals surface area contributed by atoms with E-state index in [9.17, 15) is 4.79 Å². The molecule has 2 aromatic rings. The fraction of sp³-hybridized carbons (Fsp3) is 0.333. The molecule has 0 atom stereocenters.